The van der Waals surface area contributed by atoms with E-state index < -0.39 is 0 Å². The van der Waals surface area contributed by atoms with E-state index in [0.29, 0.717) is 0 Å². The zero-order valence-corrected chi connectivity index (χ0v) is 14.3. The molecule has 2 unspecified atom stereocenters. The summed E-state index contributed by atoms with van der Waals surface area (Å²) in [6.45, 7) is 2.38. The molecule has 0 spiro atoms. The molecule has 24 heavy (non-hydrogen) atoms. The first-order chi connectivity index (χ1) is 11.8. The Kier molecular flexibility index (Phi) is 4.54. The third-order valence-corrected chi connectivity index (χ3v) is 6.04. The zero-order valence-electron chi connectivity index (χ0n) is 13.5. The Morgan fingerprint density at radius 2 is 2.17 bits per heavy atom. The third kappa shape index (κ3) is 2.94. The van der Waals surface area contributed by atoms with E-state index in [0.717, 1.165) is 37.4 Å². The van der Waals surface area contributed by atoms with E-state index >= 15 is 0 Å². The highest BCUT2D eigenvalue weighted by Gasteiger charge is 2.35. The highest BCUT2D eigenvalue weighted by atomic mass is 32.2. The number of hydrogen-bond acceptors (Lipinski definition) is 4. The molecule has 3 heterocycles. The number of benzene rings is 1. The number of fused-ring (bicyclic) bond motifs is 1. The highest BCUT2D eigenvalue weighted by molar-refractivity contribution is 8.00. The van der Waals surface area contributed by atoms with Crippen LogP contribution < -0.4 is 5.32 Å². The van der Waals surface area contributed by atoms with Crippen LogP contribution in [0.5, 0.6) is 0 Å². The molecule has 0 bridgehead atoms. The molecule has 2 atom stereocenters. The standard InChI is InChI=1S/C19H21N3OS/c23-19(18-16-6-2-1-4-14(16)7-11-24-18)22-10-9-21-13-17(22)15-5-3-8-20-12-15/h1-6,8,12,17-18,21H,7,9-11,13H2. The first-order valence-corrected chi connectivity index (χ1v) is 9.50. The van der Waals surface area contributed by atoms with Gasteiger partial charge in [0.15, 0.2) is 0 Å². The van der Waals surface area contributed by atoms with Gasteiger partial charge in [0, 0.05) is 32.0 Å². The quantitative estimate of drug-likeness (QED) is 0.913. The SMILES string of the molecule is O=C(C1SCCc2ccccc21)N1CCNCC1c1cccnc1. The van der Waals surface area contributed by atoms with Gasteiger partial charge < -0.3 is 10.2 Å². The second kappa shape index (κ2) is 6.95. The fraction of sp³-hybridized carbons (Fsp3) is 0.368. The number of carbonyl (C=O) groups is 1. The van der Waals surface area contributed by atoms with E-state index in [4.69, 9.17) is 0 Å². The third-order valence-electron chi connectivity index (χ3n) is 4.81. The maximum Gasteiger partial charge on any atom is 0.240 e. The van der Waals surface area contributed by atoms with E-state index in [1.165, 1.54) is 11.1 Å². The summed E-state index contributed by atoms with van der Waals surface area (Å²) in [5.74, 6) is 1.25. The summed E-state index contributed by atoms with van der Waals surface area (Å²) in [5, 5.41) is 3.34. The largest absolute Gasteiger partial charge is 0.332 e. The van der Waals surface area contributed by atoms with Gasteiger partial charge in [0.2, 0.25) is 5.91 Å². The summed E-state index contributed by atoms with van der Waals surface area (Å²) in [4.78, 5) is 19.6. The van der Waals surface area contributed by atoms with Crippen LogP contribution in [0.3, 0.4) is 0 Å². The maximum absolute atomic E-state index is 13.4. The van der Waals surface area contributed by atoms with Crippen molar-refractivity contribution in [2.45, 2.75) is 17.7 Å². The van der Waals surface area contributed by atoms with Crippen molar-refractivity contribution in [1.82, 2.24) is 15.2 Å². The lowest BCUT2D eigenvalue weighted by Crippen LogP contribution is -2.50. The molecule has 0 aliphatic carbocycles. The summed E-state index contributed by atoms with van der Waals surface area (Å²) in [5.41, 5.74) is 3.62. The van der Waals surface area contributed by atoms with Crippen molar-refractivity contribution in [2.75, 3.05) is 25.4 Å². The van der Waals surface area contributed by atoms with Gasteiger partial charge in [0.25, 0.3) is 0 Å². The monoisotopic (exact) mass is 339 g/mol. The predicted octanol–water partition coefficient (Wildman–Crippen LogP) is 2.59. The molecule has 0 saturated carbocycles. The molecule has 2 aliphatic rings. The topological polar surface area (TPSA) is 45.2 Å². The van der Waals surface area contributed by atoms with Crippen molar-refractivity contribution < 1.29 is 4.79 Å². The molecule has 4 nitrogen and oxygen atoms in total. The van der Waals surface area contributed by atoms with E-state index in [1.54, 1.807) is 18.0 Å². The van der Waals surface area contributed by atoms with Gasteiger partial charge in [0.1, 0.15) is 5.25 Å². The van der Waals surface area contributed by atoms with Crippen molar-refractivity contribution in [2.24, 2.45) is 0 Å². The Balaban J connectivity index is 1.63. The number of aryl methyl sites for hydroxylation is 1. The average Bonchev–Trinajstić information content (AvgIpc) is 2.68. The number of rotatable bonds is 2. The first-order valence-electron chi connectivity index (χ1n) is 8.45. The summed E-state index contributed by atoms with van der Waals surface area (Å²) in [6, 6.07) is 12.5. The Labute approximate surface area is 146 Å². The molecular weight excluding hydrogens is 318 g/mol. The molecule has 4 rings (SSSR count). The number of nitrogens with one attached hydrogen (secondary N) is 1. The minimum Gasteiger partial charge on any atom is -0.332 e. The Morgan fingerprint density at radius 1 is 1.25 bits per heavy atom. The number of piperazine rings is 1. The predicted molar refractivity (Wildman–Crippen MR) is 96.9 cm³/mol. The Hall–Kier alpha value is -1.85. The van der Waals surface area contributed by atoms with Crippen molar-refractivity contribution in [3.63, 3.8) is 0 Å². The normalized spacial score (nSPS) is 23.6. The van der Waals surface area contributed by atoms with Gasteiger partial charge in [-0.3, -0.25) is 9.78 Å². The molecule has 2 aliphatic heterocycles. The summed E-state index contributed by atoms with van der Waals surface area (Å²) in [7, 11) is 0. The number of amides is 1. The molecule has 5 heteroatoms. The average molecular weight is 339 g/mol. The molecule has 1 fully saturated rings. The smallest absolute Gasteiger partial charge is 0.240 e. The molecule has 1 saturated heterocycles. The molecule has 1 amide bonds. The van der Waals surface area contributed by atoms with Gasteiger partial charge in [-0.15, -0.1) is 11.8 Å². The lowest BCUT2D eigenvalue weighted by atomic mass is 9.99. The summed E-state index contributed by atoms with van der Waals surface area (Å²) < 4.78 is 0. The van der Waals surface area contributed by atoms with Crippen LogP contribution in [0.25, 0.3) is 0 Å². The van der Waals surface area contributed by atoms with Gasteiger partial charge >= 0.3 is 0 Å². The van der Waals surface area contributed by atoms with Crippen LogP contribution in [-0.4, -0.2) is 41.2 Å². The minimum absolute atomic E-state index is 0.0645. The second-order valence-corrected chi connectivity index (χ2v) is 7.45. The zero-order chi connectivity index (χ0) is 16.4. The molecule has 2 aromatic rings. The molecule has 1 aromatic heterocycles. The van der Waals surface area contributed by atoms with Crippen molar-refractivity contribution >= 4 is 17.7 Å². The van der Waals surface area contributed by atoms with Crippen LogP contribution in [0.1, 0.15) is 28.0 Å². The molecule has 0 radical (unpaired) electrons. The van der Waals surface area contributed by atoms with E-state index in [-0.39, 0.29) is 17.2 Å². The number of pyridine rings is 1. The van der Waals surface area contributed by atoms with E-state index in [9.17, 15) is 4.79 Å². The van der Waals surface area contributed by atoms with E-state index in [1.807, 2.05) is 23.2 Å². The van der Waals surface area contributed by atoms with Gasteiger partial charge in [-0.2, -0.15) is 0 Å². The maximum atomic E-state index is 13.4. The molecule has 1 aromatic carbocycles. The second-order valence-electron chi connectivity index (χ2n) is 6.24. The van der Waals surface area contributed by atoms with Crippen molar-refractivity contribution in [3.8, 4) is 0 Å². The van der Waals surface area contributed by atoms with Crippen molar-refractivity contribution in [3.05, 3.63) is 65.5 Å². The van der Waals surface area contributed by atoms with Crippen LogP contribution in [0.15, 0.2) is 48.8 Å². The van der Waals surface area contributed by atoms with Gasteiger partial charge in [-0.05, 0) is 34.9 Å². The minimum atomic E-state index is -0.0766. The number of thioether (sulfide) groups is 1. The van der Waals surface area contributed by atoms with Crippen LogP contribution in [0.4, 0.5) is 0 Å². The Bertz CT molecular complexity index is 722. The van der Waals surface area contributed by atoms with Gasteiger partial charge in [-0.25, -0.2) is 0 Å². The van der Waals surface area contributed by atoms with Crippen LogP contribution in [0.2, 0.25) is 0 Å². The fourth-order valence-electron chi connectivity index (χ4n) is 3.59. The summed E-state index contributed by atoms with van der Waals surface area (Å²) >= 11 is 1.78. The number of carbonyl (C=O) groups excluding carboxylic acids is 1. The summed E-state index contributed by atoms with van der Waals surface area (Å²) in [6.07, 6.45) is 4.71. The highest BCUT2D eigenvalue weighted by Crippen LogP contribution is 2.39. The first kappa shape index (κ1) is 15.7. The number of aromatic nitrogens is 1. The molecular formula is C19H21N3OS. The molecule has 124 valence electrons. The van der Waals surface area contributed by atoms with Gasteiger partial charge in [-0.1, -0.05) is 30.3 Å². The lowest BCUT2D eigenvalue weighted by molar-refractivity contribution is -0.134. The van der Waals surface area contributed by atoms with Crippen molar-refractivity contribution in [1.29, 1.82) is 0 Å². The lowest BCUT2D eigenvalue weighted by Gasteiger charge is -2.39. The van der Waals surface area contributed by atoms with Crippen LogP contribution in [0, 0.1) is 0 Å². The number of hydrogen-bond donors (Lipinski definition) is 1. The molecule has 1 N–H and O–H groups in total. The van der Waals surface area contributed by atoms with Crippen LogP contribution >= 0.6 is 11.8 Å². The van der Waals surface area contributed by atoms with Crippen LogP contribution in [-0.2, 0) is 11.2 Å². The fourth-order valence-corrected chi connectivity index (χ4v) is 4.85. The van der Waals surface area contributed by atoms with Gasteiger partial charge in [0.05, 0.1) is 6.04 Å². The van der Waals surface area contributed by atoms with E-state index in [2.05, 4.69) is 34.6 Å². The Morgan fingerprint density at radius 3 is 3.04 bits per heavy atom. The number of nitrogens with zero attached hydrogens (tertiary/aromatic N) is 2.